The molecular weight excluding hydrogens is 246 g/mol. The summed E-state index contributed by atoms with van der Waals surface area (Å²) in [6.07, 6.45) is 0.459. The first-order valence-corrected chi connectivity index (χ1v) is 5.34. The molecular formula is C10H12BrNO2. The number of hydrogen-bond donors (Lipinski definition) is 1. The van der Waals surface area contributed by atoms with Crippen molar-refractivity contribution in [3.63, 3.8) is 0 Å². The molecule has 1 rings (SSSR count). The van der Waals surface area contributed by atoms with Gasteiger partial charge in [-0.15, -0.1) is 0 Å². The van der Waals surface area contributed by atoms with Gasteiger partial charge in [0.05, 0.1) is 12.7 Å². The maximum absolute atomic E-state index is 11.6. The highest BCUT2D eigenvalue weighted by molar-refractivity contribution is 9.09. The van der Waals surface area contributed by atoms with Crippen LogP contribution in [0.4, 0.5) is 5.69 Å². The number of benzene rings is 1. The molecule has 14 heavy (non-hydrogen) atoms. The number of anilines is 1. The van der Waals surface area contributed by atoms with Crippen LogP contribution >= 0.6 is 15.9 Å². The van der Waals surface area contributed by atoms with Gasteiger partial charge in [0.15, 0.2) is 5.78 Å². The molecule has 1 aromatic rings. The minimum Gasteiger partial charge on any atom is -0.496 e. The number of nitrogens with two attached hydrogens (primary N) is 1. The summed E-state index contributed by atoms with van der Waals surface area (Å²) in [7, 11) is 1.53. The van der Waals surface area contributed by atoms with Gasteiger partial charge in [-0.25, -0.2) is 0 Å². The van der Waals surface area contributed by atoms with Gasteiger partial charge >= 0.3 is 0 Å². The molecule has 0 heterocycles. The second kappa shape index (κ2) is 5.00. The topological polar surface area (TPSA) is 52.3 Å². The van der Waals surface area contributed by atoms with Crippen LogP contribution in [0.2, 0.25) is 0 Å². The normalized spacial score (nSPS) is 9.86. The quantitative estimate of drug-likeness (QED) is 0.512. The van der Waals surface area contributed by atoms with Crippen LogP contribution in [0.5, 0.6) is 5.75 Å². The molecule has 0 aliphatic carbocycles. The zero-order chi connectivity index (χ0) is 10.6. The van der Waals surface area contributed by atoms with E-state index in [1.807, 2.05) is 0 Å². The summed E-state index contributed by atoms with van der Waals surface area (Å²) in [6, 6.07) is 5.05. The predicted octanol–water partition coefficient (Wildman–Crippen LogP) is 2.25. The van der Waals surface area contributed by atoms with Crippen molar-refractivity contribution in [3.8, 4) is 5.75 Å². The molecule has 0 fully saturated rings. The summed E-state index contributed by atoms with van der Waals surface area (Å²) in [5.41, 5.74) is 6.76. The summed E-state index contributed by atoms with van der Waals surface area (Å²) in [5.74, 6) is 0.592. The average molecular weight is 258 g/mol. The Balaban J connectivity index is 3.01. The largest absolute Gasteiger partial charge is 0.496 e. The van der Waals surface area contributed by atoms with Crippen LogP contribution in [0.3, 0.4) is 0 Å². The third kappa shape index (κ3) is 2.48. The minimum atomic E-state index is 0.0544. The van der Waals surface area contributed by atoms with E-state index in [2.05, 4.69) is 15.9 Å². The number of hydrogen-bond acceptors (Lipinski definition) is 3. The molecule has 3 nitrogen and oxygen atoms in total. The van der Waals surface area contributed by atoms with Crippen LogP contribution in [0.1, 0.15) is 16.8 Å². The molecule has 1 aromatic carbocycles. The lowest BCUT2D eigenvalue weighted by atomic mass is 10.1. The lowest BCUT2D eigenvalue weighted by Gasteiger charge is -2.07. The summed E-state index contributed by atoms with van der Waals surface area (Å²) < 4.78 is 5.08. The van der Waals surface area contributed by atoms with Crippen LogP contribution in [-0.2, 0) is 0 Å². The van der Waals surface area contributed by atoms with Crippen molar-refractivity contribution in [2.45, 2.75) is 6.42 Å². The van der Waals surface area contributed by atoms with Gasteiger partial charge in [0.2, 0.25) is 0 Å². The van der Waals surface area contributed by atoms with Crippen molar-refractivity contribution in [1.82, 2.24) is 0 Å². The Hall–Kier alpha value is -1.03. The van der Waals surface area contributed by atoms with Crippen molar-refractivity contribution in [2.24, 2.45) is 0 Å². The molecule has 0 radical (unpaired) electrons. The Morgan fingerprint density at radius 2 is 2.29 bits per heavy atom. The van der Waals surface area contributed by atoms with Crippen molar-refractivity contribution >= 4 is 27.4 Å². The highest BCUT2D eigenvalue weighted by Gasteiger charge is 2.11. The molecule has 0 atom stereocenters. The number of carbonyl (C=O) groups is 1. The van der Waals surface area contributed by atoms with Gasteiger partial charge in [-0.3, -0.25) is 4.79 Å². The van der Waals surface area contributed by atoms with Crippen LogP contribution in [0.15, 0.2) is 18.2 Å². The van der Waals surface area contributed by atoms with Gasteiger partial charge in [-0.2, -0.15) is 0 Å². The number of Topliss-reactive ketones (excluding diaryl/α,β-unsaturated/α-hetero) is 1. The third-order valence-electron chi connectivity index (χ3n) is 1.85. The van der Waals surface area contributed by atoms with E-state index in [1.54, 1.807) is 18.2 Å². The second-order valence-electron chi connectivity index (χ2n) is 2.82. The number of halogens is 1. The van der Waals surface area contributed by atoms with E-state index in [9.17, 15) is 4.79 Å². The number of rotatable bonds is 4. The van der Waals surface area contributed by atoms with E-state index in [-0.39, 0.29) is 5.78 Å². The Kier molecular flexibility index (Phi) is 3.95. The van der Waals surface area contributed by atoms with Gasteiger partial charge in [0.25, 0.3) is 0 Å². The molecule has 0 aliphatic heterocycles. The van der Waals surface area contributed by atoms with Gasteiger partial charge in [-0.1, -0.05) is 15.9 Å². The van der Waals surface area contributed by atoms with Gasteiger partial charge in [-0.05, 0) is 12.1 Å². The molecule has 0 bridgehead atoms. The number of alkyl halides is 1. The lowest BCUT2D eigenvalue weighted by molar-refractivity contribution is 0.0987. The number of ether oxygens (including phenoxy) is 1. The fourth-order valence-electron chi connectivity index (χ4n) is 1.16. The molecule has 76 valence electrons. The maximum Gasteiger partial charge on any atom is 0.167 e. The molecule has 0 saturated heterocycles. The molecule has 0 aromatic heterocycles. The fourth-order valence-corrected chi connectivity index (χ4v) is 1.52. The maximum atomic E-state index is 11.6. The predicted molar refractivity (Wildman–Crippen MR) is 60.1 cm³/mol. The Morgan fingerprint density at radius 1 is 1.57 bits per heavy atom. The monoisotopic (exact) mass is 257 g/mol. The number of ketones is 1. The Bertz CT molecular complexity index is 339. The molecule has 0 amide bonds. The number of methoxy groups -OCH3 is 1. The van der Waals surface area contributed by atoms with Gasteiger partial charge in [0, 0.05) is 23.5 Å². The molecule has 0 spiro atoms. The Labute approximate surface area is 91.4 Å². The SMILES string of the molecule is COc1cc(N)ccc1C(=O)CCBr. The highest BCUT2D eigenvalue weighted by Crippen LogP contribution is 2.22. The number of nitrogen functional groups attached to an aromatic ring is 1. The zero-order valence-corrected chi connectivity index (χ0v) is 9.50. The van der Waals surface area contributed by atoms with Crippen molar-refractivity contribution in [1.29, 1.82) is 0 Å². The van der Waals surface area contributed by atoms with Gasteiger partial charge < -0.3 is 10.5 Å². The minimum absolute atomic E-state index is 0.0544. The first-order valence-electron chi connectivity index (χ1n) is 4.21. The summed E-state index contributed by atoms with van der Waals surface area (Å²) >= 11 is 3.22. The third-order valence-corrected chi connectivity index (χ3v) is 2.24. The van der Waals surface area contributed by atoms with E-state index in [4.69, 9.17) is 10.5 Å². The molecule has 0 aliphatic rings. The van der Waals surface area contributed by atoms with Crippen LogP contribution in [0, 0.1) is 0 Å². The smallest absolute Gasteiger partial charge is 0.167 e. The summed E-state index contributed by atoms with van der Waals surface area (Å²) in [6.45, 7) is 0. The van der Waals surface area contributed by atoms with Crippen LogP contribution in [0.25, 0.3) is 0 Å². The van der Waals surface area contributed by atoms with E-state index >= 15 is 0 Å². The fraction of sp³-hybridized carbons (Fsp3) is 0.300. The zero-order valence-electron chi connectivity index (χ0n) is 7.92. The standard InChI is InChI=1S/C10H12BrNO2/c1-14-10-6-7(12)2-3-8(10)9(13)4-5-11/h2-3,6H,4-5,12H2,1H3. The lowest BCUT2D eigenvalue weighted by Crippen LogP contribution is -2.03. The van der Waals surface area contributed by atoms with Crippen LogP contribution in [-0.4, -0.2) is 18.2 Å². The van der Waals surface area contributed by atoms with Crippen LogP contribution < -0.4 is 10.5 Å². The average Bonchev–Trinajstić information content (AvgIpc) is 2.17. The molecule has 0 unspecified atom stereocenters. The number of carbonyl (C=O) groups excluding carboxylic acids is 1. The van der Waals surface area contributed by atoms with E-state index < -0.39 is 0 Å². The van der Waals surface area contributed by atoms with E-state index in [0.29, 0.717) is 28.8 Å². The molecule has 0 saturated carbocycles. The van der Waals surface area contributed by atoms with Crippen molar-refractivity contribution < 1.29 is 9.53 Å². The van der Waals surface area contributed by atoms with Crippen molar-refractivity contribution in [2.75, 3.05) is 18.2 Å². The molecule has 4 heteroatoms. The van der Waals surface area contributed by atoms with Crippen molar-refractivity contribution in [3.05, 3.63) is 23.8 Å². The van der Waals surface area contributed by atoms with E-state index in [1.165, 1.54) is 7.11 Å². The molecule has 2 N–H and O–H groups in total. The van der Waals surface area contributed by atoms with E-state index in [0.717, 1.165) is 0 Å². The first kappa shape index (κ1) is 11.0. The highest BCUT2D eigenvalue weighted by atomic mass is 79.9. The first-order chi connectivity index (χ1) is 6.69. The summed E-state index contributed by atoms with van der Waals surface area (Å²) in [5, 5.41) is 0.652. The Morgan fingerprint density at radius 3 is 2.86 bits per heavy atom. The second-order valence-corrected chi connectivity index (χ2v) is 3.61. The van der Waals surface area contributed by atoms with Gasteiger partial charge in [0.1, 0.15) is 5.75 Å². The summed E-state index contributed by atoms with van der Waals surface area (Å²) in [4.78, 5) is 11.6.